The van der Waals surface area contributed by atoms with Gasteiger partial charge in [-0.1, -0.05) is 11.6 Å². The normalized spacial score (nSPS) is 24.2. The summed E-state index contributed by atoms with van der Waals surface area (Å²) in [7, 11) is 2.78. The number of imidazole rings is 1. The molecule has 0 radical (unpaired) electrons. The molecule has 234 valence electrons. The molecule has 2 saturated heterocycles. The van der Waals surface area contributed by atoms with Gasteiger partial charge in [-0.05, 0) is 18.2 Å². The number of aliphatic hydroxyl groups excluding tert-OH is 1. The molecule has 5 N–H and O–H groups in total. The molecule has 1 aliphatic carbocycles. The van der Waals surface area contributed by atoms with Crippen molar-refractivity contribution in [1.29, 1.82) is 0 Å². The van der Waals surface area contributed by atoms with E-state index in [9.17, 15) is 32.7 Å². The van der Waals surface area contributed by atoms with Crippen molar-refractivity contribution in [2.45, 2.75) is 24.4 Å². The summed E-state index contributed by atoms with van der Waals surface area (Å²) in [6.45, 7) is 1.93. The third-order valence-corrected chi connectivity index (χ3v) is 8.62. The van der Waals surface area contributed by atoms with E-state index in [0.717, 1.165) is 10.9 Å². The number of hydrogen-bond acceptors (Lipinski definition) is 7. The zero-order chi connectivity index (χ0) is 31.5. The molecule has 13 nitrogen and oxygen atoms in total. The summed E-state index contributed by atoms with van der Waals surface area (Å²) >= 11 is 6.38. The smallest absolute Gasteiger partial charge is 0.390 e. The van der Waals surface area contributed by atoms with Crippen LogP contribution < -0.4 is 21.3 Å². The SMILES string of the molecule is Cn1cc(-c2cnc(C(=O)Nc3ccc(C(=O)N[C@H]4[C@@H]5CN(C(=O)N[C@@H]6CNC[C@H]6O)C[C@@H]54)c(Cl)c3)n2C)c(C(F)(F)F)n1. The number of nitrogens with zero attached hydrogens (tertiary/aromatic N) is 5. The van der Waals surface area contributed by atoms with Crippen LogP contribution in [0.25, 0.3) is 11.3 Å². The fourth-order valence-electron chi connectivity index (χ4n) is 5.92. The lowest BCUT2D eigenvalue weighted by Gasteiger charge is -2.24. The van der Waals surface area contributed by atoms with E-state index < -0.39 is 29.8 Å². The Hall–Kier alpha value is -4.15. The number of carbonyl (C=O) groups is 3. The Kier molecular flexibility index (Phi) is 7.53. The van der Waals surface area contributed by atoms with E-state index in [2.05, 4.69) is 31.3 Å². The van der Waals surface area contributed by atoms with E-state index in [4.69, 9.17) is 11.6 Å². The molecule has 4 amide bonds. The number of anilines is 1. The standard InChI is InChI=1S/C27H29ClF3N9O4/c1-38-9-16(22(37-38)27(29,30)31)19-7-33-23(39(19)2)25(43)34-12-3-4-13(17(28)5-12)24(42)36-21-14-10-40(11-15(14)21)26(44)35-18-6-32-8-20(18)41/h3-5,7,9,14-15,18,20-21,32,41H,6,8,10-11H2,1-2H3,(H,34,43)(H,35,44)(H,36,42)/t14-,15+,18-,20-,21+/m1/s1. The number of carbonyl (C=O) groups excluding carboxylic acids is 3. The number of aryl methyl sites for hydroxylation is 1. The van der Waals surface area contributed by atoms with Crippen molar-refractivity contribution in [2.24, 2.45) is 25.9 Å². The largest absolute Gasteiger partial charge is 0.435 e. The number of benzene rings is 1. The van der Waals surface area contributed by atoms with Crippen LogP contribution in [0.1, 0.15) is 26.7 Å². The molecule has 3 fully saturated rings. The van der Waals surface area contributed by atoms with E-state index in [1.54, 1.807) is 4.90 Å². The molecule has 1 aromatic carbocycles. The van der Waals surface area contributed by atoms with Gasteiger partial charge in [0.05, 0.1) is 40.2 Å². The van der Waals surface area contributed by atoms with E-state index in [-0.39, 0.29) is 63.3 Å². The number of likely N-dealkylation sites (tertiary alicyclic amines) is 1. The van der Waals surface area contributed by atoms with Gasteiger partial charge in [-0.2, -0.15) is 18.3 Å². The molecule has 0 unspecified atom stereocenters. The van der Waals surface area contributed by atoms with Crippen molar-refractivity contribution in [3.05, 3.63) is 52.7 Å². The van der Waals surface area contributed by atoms with Crippen LogP contribution in [-0.4, -0.2) is 91.6 Å². The fraction of sp³-hybridized carbons (Fsp3) is 0.444. The second-order valence-corrected chi connectivity index (χ2v) is 11.7. The third-order valence-electron chi connectivity index (χ3n) is 8.31. The Morgan fingerprint density at radius 2 is 1.82 bits per heavy atom. The number of aromatic nitrogens is 4. The highest BCUT2D eigenvalue weighted by Crippen LogP contribution is 2.45. The van der Waals surface area contributed by atoms with Crippen LogP contribution in [0.5, 0.6) is 0 Å². The van der Waals surface area contributed by atoms with Crippen LogP contribution in [0, 0.1) is 11.8 Å². The maximum absolute atomic E-state index is 13.5. The van der Waals surface area contributed by atoms with Gasteiger partial charge in [0.25, 0.3) is 11.8 Å². The van der Waals surface area contributed by atoms with Gasteiger partial charge in [-0.3, -0.25) is 14.3 Å². The minimum absolute atomic E-state index is 0.0548. The zero-order valence-corrected chi connectivity index (χ0v) is 24.3. The monoisotopic (exact) mass is 635 g/mol. The molecule has 2 aromatic heterocycles. The Morgan fingerprint density at radius 1 is 1.09 bits per heavy atom. The number of aliphatic hydroxyl groups is 1. The van der Waals surface area contributed by atoms with Gasteiger partial charge in [0, 0.05) is 70.0 Å². The van der Waals surface area contributed by atoms with Gasteiger partial charge in [0.1, 0.15) is 0 Å². The van der Waals surface area contributed by atoms with E-state index in [1.807, 2.05) is 0 Å². The maximum Gasteiger partial charge on any atom is 0.435 e. The summed E-state index contributed by atoms with van der Waals surface area (Å²) in [5.74, 6) is -0.990. The molecular weight excluding hydrogens is 607 g/mol. The molecule has 2 aliphatic heterocycles. The number of amides is 4. The van der Waals surface area contributed by atoms with Crippen molar-refractivity contribution in [3.8, 4) is 11.3 Å². The molecule has 4 heterocycles. The molecule has 5 atom stereocenters. The average Bonchev–Trinajstić information content (AvgIpc) is 3.50. The molecular formula is C27H29ClF3N9O4. The van der Waals surface area contributed by atoms with Crippen LogP contribution in [0.4, 0.5) is 23.7 Å². The highest BCUT2D eigenvalue weighted by Gasteiger charge is 2.57. The number of hydrogen-bond donors (Lipinski definition) is 5. The Balaban J connectivity index is 1.05. The fourth-order valence-corrected chi connectivity index (χ4v) is 6.18. The summed E-state index contributed by atoms with van der Waals surface area (Å²) < 4.78 is 42.6. The van der Waals surface area contributed by atoms with E-state index >= 15 is 0 Å². The summed E-state index contributed by atoms with van der Waals surface area (Å²) in [6.07, 6.45) is -2.95. The predicted molar refractivity (Wildman–Crippen MR) is 151 cm³/mol. The number of halogens is 4. The summed E-state index contributed by atoms with van der Waals surface area (Å²) in [6, 6.07) is 3.67. The van der Waals surface area contributed by atoms with E-state index in [0.29, 0.717) is 26.2 Å². The average molecular weight is 636 g/mol. The van der Waals surface area contributed by atoms with Gasteiger partial charge in [-0.15, -0.1) is 0 Å². The summed E-state index contributed by atoms with van der Waals surface area (Å²) in [5, 5.41) is 24.9. The van der Waals surface area contributed by atoms with Gasteiger partial charge in [0.15, 0.2) is 11.5 Å². The highest BCUT2D eigenvalue weighted by molar-refractivity contribution is 6.34. The highest BCUT2D eigenvalue weighted by atomic mass is 35.5. The van der Waals surface area contributed by atoms with Gasteiger partial charge in [0.2, 0.25) is 0 Å². The number of fused-ring (bicyclic) bond motifs is 1. The quantitative estimate of drug-likeness (QED) is 0.274. The predicted octanol–water partition coefficient (Wildman–Crippen LogP) is 1.45. The lowest BCUT2D eigenvalue weighted by molar-refractivity contribution is -0.141. The Labute approximate surface area is 253 Å². The summed E-state index contributed by atoms with van der Waals surface area (Å²) in [5.41, 5.74) is -0.802. The minimum atomic E-state index is -4.69. The van der Waals surface area contributed by atoms with Crippen molar-refractivity contribution in [1.82, 2.24) is 40.2 Å². The van der Waals surface area contributed by atoms with Crippen LogP contribution in [0.2, 0.25) is 5.02 Å². The number of alkyl halides is 3. The first-order valence-corrected chi connectivity index (χ1v) is 14.2. The number of nitrogens with one attached hydrogen (secondary N) is 4. The molecule has 17 heteroatoms. The minimum Gasteiger partial charge on any atom is -0.390 e. The molecule has 6 rings (SSSR count). The van der Waals surface area contributed by atoms with Gasteiger partial charge in [-0.25, -0.2) is 9.78 Å². The number of piperidine rings is 1. The van der Waals surface area contributed by atoms with Crippen molar-refractivity contribution < 1.29 is 32.7 Å². The maximum atomic E-state index is 13.5. The van der Waals surface area contributed by atoms with Crippen LogP contribution >= 0.6 is 11.6 Å². The lowest BCUT2D eigenvalue weighted by Crippen LogP contribution is -2.49. The molecule has 0 spiro atoms. The van der Waals surface area contributed by atoms with Crippen molar-refractivity contribution >= 4 is 35.1 Å². The Morgan fingerprint density at radius 3 is 2.45 bits per heavy atom. The van der Waals surface area contributed by atoms with Crippen LogP contribution in [-0.2, 0) is 20.3 Å². The zero-order valence-electron chi connectivity index (χ0n) is 23.5. The summed E-state index contributed by atoms with van der Waals surface area (Å²) in [4.78, 5) is 44.1. The molecule has 44 heavy (non-hydrogen) atoms. The van der Waals surface area contributed by atoms with Gasteiger partial charge >= 0.3 is 12.2 Å². The first-order valence-electron chi connectivity index (χ1n) is 13.8. The van der Waals surface area contributed by atoms with Crippen molar-refractivity contribution in [3.63, 3.8) is 0 Å². The number of rotatable bonds is 6. The molecule has 3 aliphatic rings. The molecule has 1 saturated carbocycles. The molecule has 3 aromatic rings. The second-order valence-electron chi connectivity index (χ2n) is 11.3. The van der Waals surface area contributed by atoms with Crippen LogP contribution in [0.3, 0.4) is 0 Å². The number of urea groups is 1. The topological polar surface area (TPSA) is 158 Å². The van der Waals surface area contributed by atoms with Crippen molar-refractivity contribution in [2.75, 3.05) is 31.5 Å². The second kappa shape index (κ2) is 11.1. The Bertz CT molecular complexity index is 1630. The molecule has 0 bridgehead atoms. The van der Waals surface area contributed by atoms with Gasteiger partial charge < -0.3 is 35.8 Å². The lowest BCUT2D eigenvalue weighted by atomic mass is 10.2. The first kappa shape index (κ1) is 29.9. The first-order chi connectivity index (χ1) is 20.8. The van der Waals surface area contributed by atoms with Crippen LogP contribution in [0.15, 0.2) is 30.6 Å². The third kappa shape index (κ3) is 5.59. The number of β-amino-alcohol motifs (C(OH)–C–C–N with tert-alkyl or cyclic N) is 1. The van der Waals surface area contributed by atoms with E-state index in [1.165, 1.54) is 43.1 Å².